The number of hydrogen-bond acceptors (Lipinski definition) is 8. The van der Waals surface area contributed by atoms with E-state index in [1.165, 1.54) is 0 Å². The fraction of sp³-hybridized carbons (Fsp3) is 0.400. The Hall–Kier alpha value is -3.07. The molecule has 0 saturated carbocycles. The van der Waals surface area contributed by atoms with Gasteiger partial charge >= 0.3 is 0 Å². The lowest BCUT2D eigenvalue weighted by Crippen LogP contribution is -2.46. The average molecular weight is 455 g/mol. The van der Waals surface area contributed by atoms with Crippen molar-refractivity contribution < 1.29 is 29.2 Å². The summed E-state index contributed by atoms with van der Waals surface area (Å²) in [5.41, 5.74) is 2.47. The lowest BCUT2D eigenvalue weighted by molar-refractivity contribution is 0.101. The smallest absolute Gasteiger partial charge is 0.232 e. The number of methoxy groups -OCH3 is 2. The minimum absolute atomic E-state index is 0.125. The molecule has 176 valence electrons. The Kier molecular flexibility index (Phi) is 6.88. The second-order valence-corrected chi connectivity index (χ2v) is 8.28. The molecule has 33 heavy (non-hydrogen) atoms. The third kappa shape index (κ3) is 4.68. The fourth-order valence-electron chi connectivity index (χ4n) is 4.35. The Labute approximate surface area is 193 Å². The maximum absolute atomic E-state index is 13.2. The van der Waals surface area contributed by atoms with Gasteiger partial charge in [-0.3, -0.25) is 14.6 Å². The number of β-amino-alcohol motifs (C(OH)–C–C–N with tert-alkyl or cyclic N) is 1. The molecule has 0 amide bonds. The number of aryl methyl sites for hydroxylation is 1. The number of ether oxygens (including phenoxy) is 3. The minimum Gasteiger partial charge on any atom is -0.507 e. The van der Waals surface area contributed by atoms with Crippen molar-refractivity contribution in [1.82, 2.24) is 9.80 Å². The molecule has 1 saturated heterocycles. The molecular formula is C25H30N2O6. The number of hydrogen-bond donors (Lipinski definition) is 2. The second-order valence-electron chi connectivity index (χ2n) is 8.28. The first-order chi connectivity index (χ1) is 15.9. The zero-order valence-corrected chi connectivity index (χ0v) is 19.3. The van der Waals surface area contributed by atoms with E-state index in [-0.39, 0.29) is 23.9 Å². The van der Waals surface area contributed by atoms with Gasteiger partial charge in [0, 0.05) is 50.9 Å². The molecule has 2 aromatic carbocycles. The number of nitrogens with zero attached hydrogens (tertiary/aromatic N) is 2. The van der Waals surface area contributed by atoms with Crippen molar-refractivity contribution in [1.29, 1.82) is 0 Å². The lowest BCUT2D eigenvalue weighted by Gasteiger charge is -2.34. The molecule has 8 nitrogen and oxygen atoms in total. The Morgan fingerprint density at radius 3 is 2.48 bits per heavy atom. The van der Waals surface area contributed by atoms with Crippen LogP contribution in [0.5, 0.6) is 23.0 Å². The van der Waals surface area contributed by atoms with E-state index in [4.69, 9.17) is 19.3 Å². The minimum atomic E-state index is -0.214. The number of carbonyl (C=O) groups excluding carboxylic acids is 1. The summed E-state index contributed by atoms with van der Waals surface area (Å²) in [6.07, 6.45) is 1.66. The number of rotatable bonds is 7. The van der Waals surface area contributed by atoms with Gasteiger partial charge in [-0.25, -0.2) is 0 Å². The van der Waals surface area contributed by atoms with Crippen LogP contribution < -0.4 is 14.2 Å². The molecule has 2 heterocycles. The Morgan fingerprint density at radius 2 is 1.82 bits per heavy atom. The molecule has 4 rings (SSSR count). The van der Waals surface area contributed by atoms with Gasteiger partial charge in [0.25, 0.3) is 0 Å². The highest BCUT2D eigenvalue weighted by Gasteiger charge is 2.34. The lowest BCUT2D eigenvalue weighted by atomic mass is 9.99. The number of phenolic OH excluding ortho intramolecular Hbond substituents is 1. The molecule has 8 heteroatoms. The highest BCUT2D eigenvalue weighted by Crippen LogP contribution is 2.43. The van der Waals surface area contributed by atoms with Crippen LogP contribution in [0, 0.1) is 6.92 Å². The maximum atomic E-state index is 13.2. The highest BCUT2D eigenvalue weighted by atomic mass is 16.5. The quantitative estimate of drug-likeness (QED) is 0.617. The predicted molar refractivity (Wildman–Crippen MR) is 124 cm³/mol. The van der Waals surface area contributed by atoms with E-state index in [0.717, 1.165) is 26.2 Å². The SMILES string of the molecule is COc1ccc(/C=C2\Oc3c(CN4CCN(CCO)CC4)c(O)cc(C)c3C2=O)c(OC)c1. The number of benzene rings is 2. The molecule has 0 unspecified atom stereocenters. The van der Waals surface area contributed by atoms with Crippen LogP contribution >= 0.6 is 0 Å². The number of phenols is 1. The summed E-state index contributed by atoms with van der Waals surface area (Å²) >= 11 is 0. The van der Waals surface area contributed by atoms with Crippen molar-refractivity contribution in [2.45, 2.75) is 13.5 Å². The number of ketones is 1. The molecule has 1 fully saturated rings. The summed E-state index contributed by atoms with van der Waals surface area (Å²) in [5.74, 6) is 1.74. The zero-order valence-electron chi connectivity index (χ0n) is 19.3. The summed E-state index contributed by atoms with van der Waals surface area (Å²) in [7, 11) is 3.14. The van der Waals surface area contributed by atoms with E-state index in [1.807, 2.05) is 0 Å². The van der Waals surface area contributed by atoms with E-state index in [0.29, 0.717) is 52.6 Å². The molecule has 2 aliphatic heterocycles. The first-order valence-electron chi connectivity index (χ1n) is 11.0. The summed E-state index contributed by atoms with van der Waals surface area (Å²) in [6.45, 7) is 6.40. The highest BCUT2D eigenvalue weighted by molar-refractivity contribution is 6.16. The van der Waals surface area contributed by atoms with E-state index in [1.54, 1.807) is 51.5 Å². The van der Waals surface area contributed by atoms with Gasteiger partial charge in [0.15, 0.2) is 5.76 Å². The van der Waals surface area contributed by atoms with Crippen molar-refractivity contribution in [3.63, 3.8) is 0 Å². The molecule has 0 aromatic heterocycles. The second kappa shape index (κ2) is 9.82. The van der Waals surface area contributed by atoms with Gasteiger partial charge in [0.2, 0.25) is 5.78 Å². The zero-order chi connectivity index (χ0) is 23.5. The van der Waals surface area contributed by atoms with E-state index >= 15 is 0 Å². The predicted octanol–water partition coefficient (Wildman–Crippen LogP) is 2.44. The van der Waals surface area contributed by atoms with Crippen LogP contribution in [0.1, 0.15) is 27.0 Å². The van der Waals surface area contributed by atoms with Gasteiger partial charge in [-0.1, -0.05) is 0 Å². The van der Waals surface area contributed by atoms with Crippen LogP contribution in [0.2, 0.25) is 0 Å². The largest absolute Gasteiger partial charge is 0.507 e. The third-order valence-electron chi connectivity index (χ3n) is 6.21. The van der Waals surface area contributed by atoms with Crippen LogP contribution in [-0.4, -0.2) is 79.3 Å². The molecule has 0 radical (unpaired) electrons. The molecule has 0 spiro atoms. The topological polar surface area (TPSA) is 91.7 Å². The van der Waals surface area contributed by atoms with Gasteiger partial charge in [-0.05, 0) is 36.8 Å². The van der Waals surface area contributed by atoms with Crippen LogP contribution in [-0.2, 0) is 6.54 Å². The standard InChI is InChI=1S/C25H30N2O6/c1-16-12-20(29)19(15-27-8-6-26(7-9-27)10-11-28)25-23(16)24(30)22(33-25)13-17-4-5-18(31-2)14-21(17)32-3/h4-5,12-14,28-29H,6-11,15H2,1-3H3/b22-13-. The molecule has 0 aliphatic carbocycles. The first kappa shape index (κ1) is 23.1. The molecule has 0 atom stereocenters. The number of allylic oxidation sites excluding steroid dienone is 1. The van der Waals surface area contributed by atoms with Crippen LogP contribution in [0.3, 0.4) is 0 Å². The van der Waals surface area contributed by atoms with Gasteiger partial charge in [-0.2, -0.15) is 0 Å². The van der Waals surface area contributed by atoms with Crippen LogP contribution in [0.15, 0.2) is 30.0 Å². The van der Waals surface area contributed by atoms with Crippen molar-refractivity contribution >= 4 is 11.9 Å². The molecular weight excluding hydrogens is 424 g/mol. The van der Waals surface area contributed by atoms with Crippen LogP contribution in [0.4, 0.5) is 0 Å². The van der Waals surface area contributed by atoms with E-state index in [2.05, 4.69) is 9.80 Å². The van der Waals surface area contributed by atoms with Crippen molar-refractivity contribution in [2.24, 2.45) is 0 Å². The first-order valence-corrected chi connectivity index (χ1v) is 11.0. The maximum Gasteiger partial charge on any atom is 0.232 e. The van der Waals surface area contributed by atoms with Gasteiger partial charge < -0.3 is 24.4 Å². The summed E-state index contributed by atoms with van der Waals surface area (Å²) in [6, 6.07) is 6.98. The van der Waals surface area contributed by atoms with Gasteiger partial charge in [0.1, 0.15) is 23.0 Å². The van der Waals surface area contributed by atoms with E-state index in [9.17, 15) is 9.90 Å². The Bertz CT molecular complexity index is 1070. The summed E-state index contributed by atoms with van der Waals surface area (Å²) < 4.78 is 16.8. The molecule has 2 N–H and O–H groups in total. The number of aromatic hydroxyl groups is 1. The number of carbonyl (C=O) groups is 1. The molecule has 0 bridgehead atoms. The van der Waals surface area contributed by atoms with Crippen molar-refractivity contribution in [3.8, 4) is 23.0 Å². The molecule has 2 aromatic rings. The number of fused-ring (bicyclic) bond motifs is 1. The Morgan fingerprint density at radius 1 is 1.09 bits per heavy atom. The summed E-state index contributed by atoms with van der Waals surface area (Å²) in [4.78, 5) is 17.7. The fourth-order valence-corrected chi connectivity index (χ4v) is 4.35. The third-order valence-corrected chi connectivity index (χ3v) is 6.21. The number of Topliss-reactive ketones (excluding diaryl/α,β-unsaturated/α-hetero) is 1. The van der Waals surface area contributed by atoms with E-state index < -0.39 is 0 Å². The Balaban J connectivity index is 1.62. The molecule has 2 aliphatic rings. The average Bonchev–Trinajstić information content (AvgIpc) is 3.14. The number of piperazine rings is 1. The number of aliphatic hydroxyl groups excluding tert-OH is 1. The van der Waals surface area contributed by atoms with Crippen molar-refractivity contribution in [3.05, 3.63) is 52.3 Å². The van der Waals surface area contributed by atoms with Gasteiger partial charge in [-0.15, -0.1) is 0 Å². The van der Waals surface area contributed by atoms with Crippen molar-refractivity contribution in [2.75, 3.05) is 53.6 Å². The summed E-state index contributed by atoms with van der Waals surface area (Å²) in [5, 5.41) is 19.9. The number of aliphatic hydroxyl groups is 1. The monoisotopic (exact) mass is 454 g/mol. The van der Waals surface area contributed by atoms with Gasteiger partial charge in [0.05, 0.1) is 32.0 Å². The normalized spacial score (nSPS) is 17.8. The van der Waals surface area contributed by atoms with Crippen LogP contribution in [0.25, 0.3) is 6.08 Å².